The zero-order chi connectivity index (χ0) is 18.4. The normalized spacial score (nSPS) is 13.7. The Morgan fingerprint density at radius 2 is 1.93 bits per heavy atom. The number of nitrogens with zero attached hydrogens (tertiary/aromatic N) is 3. The van der Waals surface area contributed by atoms with E-state index < -0.39 is 0 Å². The highest BCUT2D eigenvalue weighted by atomic mass is 16.2. The Kier molecular flexibility index (Phi) is 3.60. The molecule has 1 amide bonds. The second-order valence-corrected chi connectivity index (χ2v) is 6.98. The molecule has 0 unspecified atom stereocenters. The van der Waals surface area contributed by atoms with Crippen molar-refractivity contribution in [2.24, 2.45) is 7.05 Å². The molecule has 0 spiro atoms. The van der Waals surface area contributed by atoms with Gasteiger partial charge in [-0.3, -0.25) is 9.48 Å². The summed E-state index contributed by atoms with van der Waals surface area (Å²) in [5, 5.41) is 5.69. The maximum absolute atomic E-state index is 13.2. The van der Waals surface area contributed by atoms with Crippen molar-refractivity contribution in [2.45, 2.75) is 13.0 Å². The minimum absolute atomic E-state index is 0.0674. The molecule has 0 bridgehead atoms. The molecule has 5 nitrogen and oxygen atoms in total. The fraction of sp³-hybridized carbons (Fsp3) is 0.182. The minimum Gasteiger partial charge on any atom is -0.361 e. The number of carbonyl (C=O) groups is 1. The minimum atomic E-state index is 0.0674. The van der Waals surface area contributed by atoms with Crippen LogP contribution in [0.1, 0.15) is 21.6 Å². The molecule has 5 heteroatoms. The standard InChI is InChI=1S/C22H20N4O/c1-25-21(15-6-3-2-4-7-15)18-11-13-26(14-20(18)24-25)22(27)17-8-5-9-19-16(17)10-12-23-19/h2-10,12,23H,11,13-14H2,1H3. The molecule has 3 heterocycles. The number of hydrogen-bond donors (Lipinski definition) is 1. The number of amides is 1. The van der Waals surface area contributed by atoms with Gasteiger partial charge in [0.05, 0.1) is 17.9 Å². The number of hydrogen-bond acceptors (Lipinski definition) is 2. The lowest BCUT2D eigenvalue weighted by atomic mass is 9.99. The average molecular weight is 356 g/mol. The van der Waals surface area contributed by atoms with Crippen LogP contribution in [-0.4, -0.2) is 32.1 Å². The number of rotatable bonds is 2. The van der Waals surface area contributed by atoms with E-state index in [1.54, 1.807) is 0 Å². The second kappa shape index (κ2) is 6.13. The molecule has 1 aliphatic heterocycles. The van der Waals surface area contributed by atoms with Gasteiger partial charge in [0.1, 0.15) is 0 Å². The van der Waals surface area contributed by atoms with Crippen molar-refractivity contribution in [3.8, 4) is 11.3 Å². The summed E-state index contributed by atoms with van der Waals surface area (Å²) in [6.07, 6.45) is 2.70. The van der Waals surface area contributed by atoms with Gasteiger partial charge in [-0.15, -0.1) is 0 Å². The van der Waals surface area contributed by atoms with Crippen LogP contribution in [0.15, 0.2) is 60.8 Å². The third-order valence-electron chi connectivity index (χ3n) is 5.36. The predicted molar refractivity (Wildman–Crippen MR) is 105 cm³/mol. The number of aryl methyl sites for hydroxylation is 1. The Morgan fingerprint density at radius 3 is 2.78 bits per heavy atom. The third kappa shape index (κ3) is 2.54. The Labute approximate surface area is 157 Å². The molecule has 0 radical (unpaired) electrons. The number of aromatic amines is 1. The van der Waals surface area contributed by atoms with Crippen molar-refractivity contribution in [3.05, 3.63) is 77.6 Å². The number of benzene rings is 2. The summed E-state index contributed by atoms with van der Waals surface area (Å²) in [7, 11) is 1.98. The summed E-state index contributed by atoms with van der Waals surface area (Å²) in [6, 6.07) is 18.1. The van der Waals surface area contributed by atoms with Crippen LogP contribution in [0.5, 0.6) is 0 Å². The van der Waals surface area contributed by atoms with Gasteiger partial charge in [-0.1, -0.05) is 36.4 Å². The topological polar surface area (TPSA) is 53.9 Å². The summed E-state index contributed by atoms with van der Waals surface area (Å²) >= 11 is 0. The molecule has 0 atom stereocenters. The molecule has 2 aromatic heterocycles. The van der Waals surface area contributed by atoms with Gasteiger partial charge in [0.2, 0.25) is 0 Å². The van der Waals surface area contributed by atoms with Gasteiger partial charge in [-0.05, 0) is 24.6 Å². The molecule has 27 heavy (non-hydrogen) atoms. The van der Waals surface area contributed by atoms with Gasteiger partial charge in [0.15, 0.2) is 0 Å². The largest absolute Gasteiger partial charge is 0.361 e. The van der Waals surface area contributed by atoms with Crippen LogP contribution in [0.3, 0.4) is 0 Å². The van der Waals surface area contributed by atoms with Gasteiger partial charge in [-0.2, -0.15) is 5.10 Å². The maximum atomic E-state index is 13.2. The Morgan fingerprint density at radius 1 is 1.07 bits per heavy atom. The SMILES string of the molecule is Cn1nc2c(c1-c1ccccc1)CCN(C(=O)c1cccc3[nH]ccc13)C2. The number of aromatic nitrogens is 3. The first kappa shape index (κ1) is 15.9. The monoisotopic (exact) mass is 356 g/mol. The van der Waals surface area contributed by atoms with Gasteiger partial charge in [-0.25, -0.2) is 0 Å². The average Bonchev–Trinajstić information content (AvgIpc) is 3.30. The number of nitrogens with one attached hydrogen (secondary N) is 1. The molecule has 1 N–H and O–H groups in total. The molecule has 0 saturated carbocycles. The lowest BCUT2D eigenvalue weighted by Gasteiger charge is -2.27. The zero-order valence-electron chi connectivity index (χ0n) is 15.1. The summed E-state index contributed by atoms with van der Waals surface area (Å²) in [4.78, 5) is 18.2. The van der Waals surface area contributed by atoms with E-state index in [1.807, 2.05) is 65.3 Å². The van der Waals surface area contributed by atoms with E-state index in [-0.39, 0.29) is 5.91 Å². The van der Waals surface area contributed by atoms with Crippen LogP contribution < -0.4 is 0 Å². The lowest BCUT2D eigenvalue weighted by Crippen LogP contribution is -2.36. The first-order valence-electron chi connectivity index (χ1n) is 9.18. The first-order valence-corrected chi connectivity index (χ1v) is 9.18. The molecule has 0 aliphatic carbocycles. The molecule has 134 valence electrons. The van der Waals surface area contributed by atoms with Crippen LogP contribution in [0.2, 0.25) is 0 Å². The van der Waals surface area contributed by atoms with Crippen LogP contribution in [-0.2, 0) is 20.0 Å². The van der Waals surface area contributed by atoms with Gasteiger partial charge < -0.3 is 9.88 Å². The van der Waals surface area contributed by atoms with Gasteiger partial charge in [0.25, 0.3) is 5.91 Å². The highest BCUT2D eigenvalue weighted by molar-refractivity contribution is 6.06. The third-order valence-corrected chi connectivity index (χ3v) is 5.36. The summed E-state index contributed by atoms with van der Waals surface area (Å²) < 4.78 is 1.95. The fourth-order valence-electron chi connectivity index (χ4n) is 4.09. The quantitative estimate of drug-likeness (QED) is 0.594. The van der Waals surface area contributed by atoms with E-state index in [2.05, 4.69) is 17.1 Å². The smallest absolute Gasteiger partial charge is 0.254 e. The molecule has 1 aliphatic rings. The van der Waals surface area contributed by atoms with Crippen molar-refractivity contribution in [2.75, 3.05) is 6.54 Å². The van der Waals surface area contributed by atoms with Crippen LogP contribution in [0.25, 0.3) is 22.2 Å². The van der Waals surface area contributed by atoms with E-state index in [4.69, 9.17) is 5.10 Å². The number of fused-ring (bicyclic) bond motifs is 2. The maximum Gasteiger partial charge on any atom is 0.254 e. The van der Waals surface area contributed by atoms with Crippen molar-refractivity contribution in [1.29, 1.82) is 0 Å². The number of carbonyl (C=O) groups excluding carboxylic acids is 1. The van der Waals surface area contributed by atoms with Crippen molar-refractivity contribution < 1.29 is 4.79 Å². The van der Waals surface area contributed by atoms with Crippen LogP contribution in [0.4, 0.5) is 0 Å². The fourth-order valence-corrected chi connectivity index (χ4v) is 4.09. The van der Waals surface area contributed by atoms with E-state index in [9.17, 15) is 4.79 Å². The predicted octanol–water partition coefficient (Wildman–Crippen LogP) is 3.77. The summed E-state index contributed by atoms with van der Waals surface area (Å²) in [6.45, 7) is 1.26. The molecule has 2 aromatic carbocycles. The van der Waals surface area contributed by atoms with Crippen molar-refractivity contribution in [1.82, 2.24) is 19.7 Å². The lowest BCUT2D eigenvalue weighted by molar-refractivity contribution is 0.0734. The molecular weight excluding hydrogens is 336 g/mol. The number of H-pyrrole nitrogens is 1. The van der Waals surface area contributed by atoms with Gasteiger partial charge >= 0.3 is 0 Å². The molecule has 0 fully saturated rings. The van der Waals surface area contributed by atoms with Crippen molar-refractivity contribution >= 4 is 16.8 Å². The Bertz CT molecular complexity index is 1140. The summed E-state index contributed by atoms with van der Waals surface area (Å²) in [5.74, 6) is 0.0674. The van der Waals surface area contributed by atoms with Gasteiger partial charge in [0, 0.05) is 47.4 Å². The van der Waals surface area contributed by atoms with Crippen LogP contribution >= 0.6 is 0 Å². The van der Waals surface area contributed by atoms with E-state index in [0.29, 0.717) is 13.1 Å². The van der Waals surface area contributed by atoms with Crippen LogP contribution in [0, 0.1) is 0 Å². The first-order chi connectivity index (χ1) is 13.2. The Hall–Kier alpha value is -3.34. The zero-order valence-corrected chi connectivity index (χ0v) is 15.1. The molecule has 5 rings (SSSR count). The van der Waals surface area contributed by atoms with E-state index >= 15 is 0 Å². The van der Waals surface area contributed by atoms with E-state index in [1.165, 1.54) is 11.1 Å². The highest BCUT2D eigenvalue weighted by Crippen LogP contribution is 2.30. The molecule has 0 saturated heterocycles. The summed E-state index contributed by atoms with van der Waals surface area (Å²) in [5.41, 5.74) is 6.32. The van der Waals surface area contributed by atoms with E-state index in [0.717, 1.165) is 34.3 Å². The highest BCUT2D eigenvalue weighted by Gasteiger charge is 2.28. The Balaban J connectivity index is 1.49. The molecule has 4 aromatic rings. The van der Waals surface area contributed by atoms with Crippen molar-refractivity contribution in [3.63, 3.8) is 0 Å². The molecular formula is C22H20N4O. The second-order valence-electron chi connectivity index (χ2n) is 6.98.